The number of rotatable bonds is 6. The zero-order chi connectivity index (χ0) is 18.4. The smallest absolute Gasteiger partial charge is 0.330 e. The summed E-state index contributed by atoms with van der Waals surface area (Å²) in [6, 6.07) is 15.0. The van der Waals surface area contributed by atoms with Crippen molar-refractivity contribution < 1.29 is 19.0 Å². The Labute approximate surface area is 153 Å². The van der Waals surface area contributed by atoms with E-state index in [9.17, 15) is 4.79 Å². The summed E-state index contributed by atoms with van der Waals surface area (Å²) >= 11 is 0. The average Bonchev–Trinajstić information content (AvgIpc) is 2.69. The first kappa shape index (κ1) is 18.2. The lowest BCUT2D eigenvalue weighted by atomic mass is 10.1. The monoisotopic (exact) mass is 356 g/mol. The third-order valence-corrected chi connectivity index (χ3v) is 4.44. The number of hydrogen-bond acceptors (Lipinski definition) is 6. The molecule has 0 spiro atoms. The minimum atomic E-state index is -0.376. The van der Waals surface area contributed by atoms with Gasteiger partial charge in [-0.25, -0.2) is 4.79 Å². The maximum atomic E-state index is 12.9. The van der Waals surface area contributed by atoms with Gasteiger partial charge in [0.25, 0.3) is 0 Å². The van der Waals surface area contributed by atoms with Gasteiger partial charge in [-0.15, -0.1) is 0 Å². The number of ether oxygens (including phenoxy) is 3. The van der Waals surface area contributed by atoms with Crippen LogP contribution in [0.5, 0.6) is 17.2 Å². The van der Waals surface area contributed by atoms with Crippen molar-refractivity contribution in [2.24, 2.45) is 0 Å². The second-order valence-corrected chi connectivity index (χ2v) is 6.09. The van der Waals surface area contributed by atoms with E-state index in [0.29, 0.717) is 30.3 Å². The first-order valence-electron chi connectivity index (χ1n) is 8.64. The molecule has 1 aliphatic heterocycles. The fourth-order valence-electron chi connectivity index (χ4n) is 3.07. The second-order valence-electron chi connectivity index (χ2n) is 6.09. The van der Waals surface area contributed by atoms with Gasteiger partial charge in [0.15, 0.2) is 11.5 Å². The summed E-state index contributed by atoms with van der Waals surface area (Å²) in [4.78, 5) is 15.0. The Morgan fingerprint density at radius 1 is 1.08 bits per heavy atom. The quantitative estimate of drug-likeness (QED) is 0.632. The number of piperazine rings is 1. The van der Waals surface area contributed by atoms with Crippen LogP contribution in [0.1, 0.15) is 5.56 Å². The van der Waals surface area contributed by atoms with Gasteiger partial charge in [0.1, 0.15) is 6.04 Å². The number of esters is 1. The summed E-state index contributed by atoms with van der Waals surface area (Å²) in [6.45, 7) is 2.86. The van der Waals surface area contributed by atoms with Crippen molar-refractivity contribution >= 4 is 5.97 Å². The normalized spacial score (nSPS) is 17.5. The van der Waals surface area contributed by atoms with Crippen molar-refractivity contribution in [1.82, 2.24) is 10.2 Å². The SMILES string of the molecule is COc1cccc(OC)c1OC(=O)C1CNCCN1Cc1ccccc1. The van der Waals surface area contributed by atoms with Crippen molar-refractivity contribution in [3.05, 3.63) is 54.1 Å². The molecule has 0 amide bonds. The molecule has 3 rings (SSSR count). The molecule has 1 heterocycles. The number of hydrogen-bond donors (Lipinski definition) is 1. The molecule has 2 aromatic carbocycles. The zero-order valence-corrected chi connectivity index (χ0v) is 15.1. The first-order chi connectivity index (χ1) is 12.7. The number of nitrogens with zero attached hydrogens (tertiary/aromatic N) is 1. The molecule has 6 heteroatoms. The summed E-state index contributed by atoms with van der Waals surface area (Å²) in [6.07, 6.45) is 0. The van der Waals surface area contributed by atoms with E-state index >= 15 is 0 Å². The van der Waals surface area contributed by atoms with Crippen LogP contribution in [0.3, 0.4) is 0 Å². The molecule has 0 bridgehead atoms. The third kappa shape index (κ3) is 4.15. The lowest BCUT2D eigenvalue weighted by Gasteiger charge is -2.34. The Bertz CT molecular complexity index is 714. The molecule has 6 nitrogen and oxygen atoms in total. The van der Waals surface area contributed by atoms with E-state index < -0.39 is 0 Å². The second kappa shape index (κ2) is 8.69. The van der Waals surface area contributed by atoms with Crippen molar-refractivity contribution in [3.8, 4) is 17.2 Å². The standard InChI is InChI=1S/C20H24N2O4/c1-24-17-9-6-10-18(25-2)19(17)26-20(23)16-13-21-11-12-22(16)14-15-7-4-3-5-8-15/h3-10,16,21H,11-14H2,1-2H3. The van der Waals surface area contributed by atoms with E-state index in [1.807, 2.05) is 18.2 Å². The van der Waals surface area contributed by atoms with Crippen molar-refractivity contribution in [3.63, 3.8) is 0 Å². The van der Waals surface area contributed by atoms with E-state index in [1.54, 1.807) is 18.2 Å². The van der Waals surface area contributed by atoms with Crippen LogP contribution in [0, 0.1) is 0 Å². The highest BCUT2D eigenvalue weighted by Gasteiger charge is 2.31. The van der Waals surface area contributed by atoms with Gasteiger partial charge in [0.2, 0.25) is 5.75 Å². The number of methoxy groups -OCH3 is 2. The highest BCUT2D eigenvalue weighted by Crippen LogP contribution is 2.37. The molecule has 1 N–H and O–H groups in total. The van der Waals surface area contributed by atoms with E-state index in [2.05, 4.69) is 22.3 Å². The molecule has 1 fully saturated rings. The molecule has 138 valence electrons. The van der Waals surface area contributed by atoms with Gasteiger partial charge in [-0.1, -0.05) is 36.4 Å². The summed E-state index contributed by atoms with van der Waals surface area (Å²) in [7, 11) is 3.08. The van der Waals surface area contributed by atoms with Gasteiger partial charge >= 0.3 is 5.97 Å². The third-order valence-electron chi connectivity index (χ3n) is 4.44. The van der Waals surface area contributed by atoms with Crippen LogP contribution in [-0.2, 0) is 11.3 Å². The molecule has 2 aromatic rings. The minimum absolute atomic E-state index is 0.313. The molecule has 1 aliphatic rings. The van der Waals surface area contributed by atoms with E-state index in [0.717, 1.165) is 13.1 Å². The van der Waals surface area contributed by atoms with Crippen LogP contribution in [0.15, 0.2) is 48.5 Å². The maximum Gasteiger partial charge on any atom is 0.330 e. The Hall–Kier alpha value is -2.57. The fourth-order valence-corrected chi connectivity index (χ4v) is 3.07. The predicted octanol–water partition coefficient (Wildman–Crippen LogP) is 2.08. The van der Waals surface area contributed by atoms with Gasteiger partial charge in [0, 0.05) is 26.2 Å². The Morgan fingerprint density at radius 2 is 1.77 bits per heavy atom. The van der Waals surface area contributed by atoms with Crippen LogP contribution in [-0.4, -0.2) is 50.8 Å². The zero-order valence-electron chi connectivity index (χ0n) is 15.1. The molecule has 1 saturated heterocycles. The van der Waals surface area contributed by atoms with Gasteiger partial charge in [-0.2, -0.15) is 0 Å². The predicted molar refractivity (Wildman–Crippen MR) is 98.7 cm³/mol. The van der Waals surface area contributed by atoms with Crippen LogP contribution in [0.4, 0.5) is 0 Å². The lowest BCUT2D eigenvalue weighted by Crippen LogP contribution is -2.55. The van der Waals surface area contributed by atoms with Crippen LogP contribution in [0.25, 0.3) is 0 Å². The summed E-state index contributed by atoms with van der Waals surface area (Å²) < 4.78 is 16.3. The van der Waals surface area contributed by atoms with Crippen molar-refractivity contribution in [2.75, 3.05) is 33.9 Å². The van der Waals surface area contributed by atoms with E-state index in [4.69, 9.17) is 14.2 Å². The van der Waals surface area contributed by atoms with Crippen LogP contribution in [0.2, 0.25) is 0 Å². The molecule has 0 saturated carbocycles. The number of nitrogens with one attached hydrogen (secondary N) is 1. The maximum absolute atomic E-state index is 12.9. The number of benzene rings is 2. The van der Waals surface area contributed by atoms with Gasteiger partial charge < -0.3 is 19.5 Å². The van der Waals surface area contributed by atoms with Crippen LogP contribution >= 0.6 is 0 Å². The number of carbonyl (C=O) groups excluding carboxylic acids is 1. The topological polar surface area (TPSA) is 60.0 Å². The van der Waals surface area contributed by atoms with E-state index in [-0.39, 0.29) is 12.0 Å². The van der Waals surface area contributed by atoms with E-state index in [1.165, 1.54) is 19.8 Å². The highest BCUT2D eigenvalue weighted by molar-refractivity contribution is 5.80. The Morgan fingerprint density at radius 3 is 2.42 bits per heavy atom. The number of para-hydroxylation sites is 1. The minimum Gasteiger partial charge on any atom is -0.493 e. The lowest BCUT2D eigenvalue weighted by molar-refractivity contribution is -0.141. The molecule has 26 heavy (non-hydrogen) atoms. The van der Waals surface area contributed by atoms with Crippen molar-refractivity contribution in [2.45, 2.75) is 12.6 Å². The van der Waals surface area contributed by atoms with Crippen molar-refractivity contribution in [1.29, 1.82) is 0 Å². The van der Waals surface area contributed by atoms with Gasteiger partial charge in [0.05, 0.1) is 14.2 Å². The van der Waals surface area contributed by atoms with Crippen LogP contribution < -0.4 is 19.5 Å². The summed E-state index contributed by atoms with van der Waals surface area (Å²) in [5, 5.41) is 3.27. The molecular weight excluding hydrogens is 332 g/mol. The van der Waals surface area contributed by atoms with Gasteiger partial charge in [-0.3, -0.25) is 4.90 Å². The molecule has 0 radical (unpaired) electrons. The average molecular weight is 356 g/mol. The molecule has 0 aromatic heterocycles. The Balaban J connectivity index is 1.77. The summed E-state index contributed by atoms with van der Waals surface area (Å²) in [5.41, 5.74) is 1.17. The Kier molecular flexibility index (Phi) is 6.09. The van der Waals surface area contributed by atoms with Gasteiger partial charge in [-0.05, 0) is 17.7 Å². The summed E-state index contributed by atoms with van der Waals surface area (Å²) in [5.74, 6) is 0.927. The fraction of sp³-hybridized carbons (Fsp3) is 0.350. The highest BCUT2D eigenvalue weighted by atomic mass is 16.6. The molecule has 0 aliphatic carbocycles. The molecular formula is C20H24N2O4. The molecule has 1 unspecified atom stereocenters. The first-order valence-corrected chi connectivity index (χ1v) is 8.64. The molecule has 1 atom stereocenters. The number of carbonyl (C=O) groups is 1. The largest absolute Gasteiger partial charge is 0.493 e.